The van der Waals surface area contributed by atoms with E-state index in [2.05, 4.69) is 28.5 Å². The number of hydrogen-bond acceptors (Lipinski definition) is 4. The van der Waals surface area contributed by atoms with Crippen LogP contribution in [0.3, 0.4) is 0 Å². The van der Waals surface area contributed by atoms with Gasteiger partial charge in [-0.2, -0.15) is 0 Å². The Morgan fingerprint density at radius 1 is 1.37 bits per heavy atom. The Labute approximate surface area is 162 Å². The molecule has 0 bridgehead atoms. The first-order chi connectivity index (χ1) is 13.1. The van der Waals surface area contributed by atoms with E-state index in [0.29, 0.717) is 18.3 Å². The van der Waals surface area contributed by atoms with Crippen LogP contribution in [0.15, 0.2) is 24.4 Å². The van der Waals surface area contributed by atoms with Gasteiger partial charge >= 0.3 is 0 Å². The summed E-state index contributed by atoms with van der Waals surface area (Å²) in [6.07, 6.45) is 7.25. The Balaban J connectivity index is 1.29. The summed E-state index contributed by atoms with van der Waals surface area (Å²) in [6, 6.07) is 6.29. The van der Waals surface area contributed by atoms with E-state index < -0.39 is 0 Å². The van der Waals surface area contributed by atoms with Crippen molar-refractivity contribution in [3.05, 3.63) is 51.8 Å². The minimum atomic E-state index is -0.0816. The fourth-order valence-electron chi connectivity index (χ4n) is 4.12. The number of rotatable bonds is 4. The third-order valence-electron chi connectivity index (χ3n) is 5.78. The smallest absolute Gasteiger partial charge is 0.270 e. The fourth-order valence-corrected chi connectivity index (χ4v) is 4.99. The summed E-state index contributed by atoms with van der Waals surface area (Å²) in [5.74, 6) is 1.66. The first-order valence-electron chi connectivity index (χ1n) is 9.60. The number of thiazole rings is 1. The molecule has 2 aromatic heterocycles. The Bertz CT molecular complexity index is 1030. The molecule has 1 N–H and O–H groups in total. The van der Waals surface area contributed by atoms with Gasteiger partial charge in [-0.05, 0) is 49.8 Å². The highest BCUT2D eigenvalue weighted by atomic mass is 32.1. The van der Waals surface area contributed by atoms with Gasteiger partial charge in [-0.1, -0.05) is 18.6 Å². The molecule has 1 fully saturated rings. The molecular weight excluding hydrogens is 358 g/mol. The van der Waals surface area contributed by atoms with Crippen LogP contribution in [0.5, 0.6) is 5.75 Å². The van der Waals surface area contributed by atoms with Crippen LogP contribution in [0.4, 0.5) is 0 Å². The van der Waals surface area contributed by atoms with Crippen LogP contribution in [0.25, 0.3) is 4.96 Å². The summed E-state index contributed by atoms with van der Waals surface area (Å²) in [7, 11) is 0. The maximum Gasteiger partial charge on any atom is 0.270 e. The summed E-state index contributed by atoms with van der Waals surface area (Å²) < 4.78 is 8.01. The van der Waals surface area contributed by atoms with Crippen molar-refractivity contribution in [2.24, 2.45) is 5.92 Å². The number of ether oxygens (including phenoxy) is 1. The highest BCUT2D eigenvalue weighted by Gasteiger charge is 2.33. The molecule has 2 aliphatic rings. The van der Waals surface area contributed by atoms with Crippen molar-refractivity contribution in [1.29, 1.82) is 0 Å². The highest BCUT2D eigenvalue weighted by Crippen LogP contribution is 2.39. The second kappa shape index (κ2) is 6.37. The molecule has 0 radical (unpaired) electrons. The highest BCUT2D eigenvalue weighted by molar-refractivity contribution is 7.17. The Hall–Kier alpha value is -2.34. The van der Waals surface area contributed by atoms with E-state index in [0.717, 1.165) is 39.2 Å². The molecule has 5 nitrogen and oxygen atoms in total. The molecule has 1 aromatic carbocycles. The van der Waals surface area contributed by atoms with E-state index in [1.54, 1.807) is 11.3 Å². The van der Waals surface area contributed by atoms with Gasteiger partial charge in [0, 0.05) is 24.0 Å². The topological polar surface area (TPSA) is 55.6 Å². The van der Waals surface area contributed by atoms with Crippen molar-refractivity contribution in [2.45, 2.75) is 52.2 Å². The molecule has 3 heterocycles. The molecule has 140 valence electrons. The predicted octanol–water partition coefficient (Wildman–Crippen LogP) is 4.05. The lowest BCUT2D eigenvalue weighted by molar-refractivity contribution is 0.0944. The molecule has 0 spiro atoms. The van der Waals surface area contributed by atoms with Crippen molar-refractivity contribution < 1.29 is 9.53 Å². The zero-order chi connectivity index (χ0) is 18.5. The standard InChI is InChI=1S/C21H23N3O2S/c1-12-11-24-19(13(2)23-21(24)27-12)20(25)22-10-14-6-7-17-16(8-14)9-18(26-17)15-4-3-5-15/h6-8,11,15,18H,3-5,9-10H2,1-2H3,(H,22,25). The largest absolute Gasteiger partial charge is 0.490 e. The van der Waals surface area contributed by atoms with E-state index in [9.17, 15) is 4.79 Å². The number of amides is 1. The van der Waals surface area contributed by atoms with E-state index in [4.69, 9.17) is 4.74 Å². The van der Waals surface area contributed by atoms with Gasteiger partial charge in [0.15, 0.2) is 4.96 Å². The van der Waals surface area contributed by atoms with Crippen LogP contribution < -0.4 is 10.1 Å². The fraction of sp³-hybridized carbons (Fsp3) is 0.429. The van der Waals surface area contributed by atoms with Crippen molar-refractivity contribution in [1.82, 2.24) is 14.7 Å². The summed E-state index contributed by atoms with van der Waals surface area (Å²) >= 11 is 1.60. The Kier molecular flexibility index (Phi) is 3.97. The number of nitrogens with one attached hydrogen (secondary N) is 1. The molecule has 0 saturated heterocycles. The maximum absolute atomic E-state index is 12.8. The van der Waals surface area contributed by atoms with Gasteiger partial charge in [-0.15, -0.1) is 11.3 Å². The van der Waals surface area contributed by atoms with Crippen LogP contribution >= 0.6 is 11.3 Å². The van der Waals surface area contributed by atoms with E-state index >= 15 is 0 Å². The lowest BCUT2D eigenvalue weighted by Crippen LogP contribution is -2.30. The average Bonchev–Trinajstić information content (AvgIpc) is 3.21. The minimum absolute atomic E-state index is 0.0816. The van der Waals surface area contributed by atoms with Crippen molar-refractivity contribution in [3.63, 3.8) is 0 Å². The van der Waals surface area contributed by atoms with Crippen LogP contribution in [0.1, 0.15) is 51.4 Å². The molecule has 3 aromatic rings. The molecular formula is C21H23N3O2S. The number of carbonyl (C=O) groups excluding carboxylic acids is 1. The Morgan fingerprint density at radius 2 is 2.22 bits per heavy atom. The number of fused-ring (bicyclic) bond motifs is 2. The zero-order valence-electron chi connectivity index (χ0n) is 15.6. The predicted molar refractivity (Wildman–Crippen MR) is 106 cm³/mol. The third kappa shape index (κ3) is 2.92. The minimum Gasteiger partial charge on any atom is -0.490 e. The second-order valence-corrected chi connectivity index (χ2v) is 8.93. The second-order valence-electron chi connectivity index (χ2n) is 7.72. The first-order valence-corrected chi connectivity index (χ1v) is 10.4. The van der Waals surface area contributed by atoms with Crippen molar-refractivity contribution >= 4 is 22.2 Å². The van der Waals surface area contributed by atoms with Crippen molar-refractivity contribution in [3.8, 4) is 5.75 Å². The van der Waals surface area contributed by atoms with Crippen LogP contribution in [-0.4, -0.2) is 21.4 Å². The first kappa shape index (κ1) is 16.8. The lowest BCUT2D eigenvalue weighted by Gasteiger charge is -2.30. The number of aromatic nitrogens is 2. The molecule has 27 heavy (non-hydrogen) atoms. The van der Waals surface area contributed by atoms with Crippen LogP contribution in [0, 0.1) is 19.8 Å². The SMILES string of the molecule is Cc1cn2c(C(=O)NCc3ccc4c(c3)CC(C3CCC3)O4)c(C)nc2s1. The molecule has 1 aliphatic heterocycles. The molecule has 1 unspecified atom stereocenters. The lowest BCUT2D eigenvalue weighted by atomic mass is 9.80. The van der Waals surface area contributed by atoms with E-state index in [1.165, 1.54) is 24.8 Å². The quantitative estimate of drug-likeness (QED) is 0.742. The van der Waals surface area contributed by atoms with Crippen LogP contribution in [0.2, 0.25) is 0 Å². The van der Waals surface area contributed by atoms with Crippen molar-refractivity contribution in [2.75, 3.05) is 0 Å². The number of nitrogens with zero attached hydrogens (tertiary/aromatic N) is 2. The summed E-state index contributed by atoms with van der Waals surface area (Å²) in [5, 5.41) is 3.06. The molecule has 1 atom stereocenters. The number of imidazole rings is 1. The van der Waals surface area contributed by atoms with Gasteiger partial charge in [-0.3, -0.25) is 9.20 Å². The van der Waals surface area contributed by atoms with E-state index in [-0.39, 0.29) is 5.91 Å². The van der Waals surface area contributed by atoms with Crippen LogP contribution in [-0.2, 0) is 13.0 Å². The zero-order valence-corrected chi connectivity index (χ0v) is 16.4. The van der Waals surface area contributed by atoms with Gasteiger partial charge in [0.2, 0.25) is 0 Å². The van der Waals surface area contributed by atoms with Gasteiger partial charge in [-0.25, -0.2) is 4.98 Å². The molecule has 1 amide bonds. The normalized spacial score (nSPS) is 19.0. The number of carbonyl (C=O) groups is 1. The van der Waals surface area contributed by atoms with Gasteiger partial charge in [0.25, 0.3) is 5.91 Å². The molecule has 1 aliphatic carbocycles. The van der Waals surface area contributed by atoms with Gasteiger partial charge in [0.05, 0.1) is 5.69 Å². The summed E-state index contributed by atoms with van der Waals surface area (Å²) in [5.41, 5.74) is 3.78. The van der Waals surface area contributed by atoms with Gasteiger partial charge < -0.3 is 10.1 Å². The molecule has 5 rings (SSSR count). The summed E-state index contributed by atoms with van der Waals surface area (Å²) in [6.45, 7) is 4.42. The average molecular weight is 382 g/mol. The summed E-state index contributed by atoms with van der Waals surface area (Å²) in [4.78, 5) is 19.3. The number of benzene rings is 1. The number of aryl methyl sites for hydroxylation is 2. The monoisotopic (exact) mass is 381 g/mol. The molecule has 6 heteroatoms. The maximum atomic E-state index is 12.8. The van der Waals surface area contributed by atoms with Gasteiger partial charge in [0.1, 0.15) is 17.5 Å². The molecule has 1 saturated carbocycles. The van der Waals surface area contributed by atoms with E-state index in [1.807, 2.05) is 24.4 Å². The Morgan fingerprint density at radius 3 is 3.00 bits per heavy atom. The third-order valence-corrected chi connectivity index (χ3v) is 6.68. The number of hydrogen-bond donors (Lipinski definition) is 1.